The fourth-order valence-corrected chi connectivity index (χ4v) is 3.06. The average molecular weight is 290 g/mol. The summed E-state index contributed by atoms with van der Waals surface area (Å²) in [6.45, 7) is 6.10. The zero-order valence-corrected chi connectivity index (χ0v) is 12.8. The molecule has 0 saturated heterocycles. The molecule has 20 heavy (non-hydrogen) atoms. The highest BCUT2D eigenvalue weighted by Gasteiger charge is 2.13. The standard InChI is InChI=1S/C17H19FOS/c1-11-8-13(3)14(9-12(11)2)16(19)10-20-17-7-5-4-6-15(17)18/h4-9,16,19H,10H2,1-3H3. The van der Waals surface area contributed by atoms with Crippen LogP contribution in [-0.4, -0.2) is 10.9 Å². The Hall–Kier alpha value is -1.32. The van der Waals surface area contributed by atoms with Gasteiger partial charge in [-0.3, -0.25) is 0 Å². The van der Waals surface area contributed by atoms with Gasteiger partial charge in [0.15, 0.2) is 0 Å². The van der Waals surface area contributed by atoms with Crippen molar-refractivity contribution in [3.05, 3.63) is 64.5 Å². The van der Waals surface area contributed by atoms with E-state index in [0.29, 0.717) is 10.6 Å². The van der Waals surface area contributed by atoms with Crippen LogP contribution >= 0.6 is 11.8 Å². The van der Waals surface area contributed by atoms with Crippen LogP contribution in [0.4, 0.5) is 4.39 Å². The molecule has 2 aromatic rings. The van der Waals surface area contributed by atoms with Crippen LogP contribution in [0.1, 0.15) is 28.4 Å². The van der Waals surface area contributed by atoms with E-state index in [-0.39, 0.29) is 5.82 Å². The number of aryl methyl sites for hydroxylation is 3. The van der Waals surface area contributed by atoms with E-state index in [9.17, 15) is 9.50 Å². The van der Waals surface area contributed by atoms with E-state index in [4.69, 9.17) is 0 Å². The number of benzene rings is 2. The first-order valence-electron chi connectivity index (χ1n) is 6.62. The molecule has 1 unspecified atom stereocenters. The van der Waals surface area contributed by atoms with Gasteiger partial charge in [0.25, 0.3) is 0 Å². The molecule has 0 radical (unpaired) electrons. The van der Waals surface area contributed by atoms with Crippen LogP contribution in [-0.2, 0) is 0 Å². The van der Waals surface area contributed by atoms with Crippen LogP contribution in [0.3, 0.4) is 0 Å². The van der Waals surface area contributed by atoms with Crippen molar-refractivity contribution in [2.24, 2.45) is 0 Å². The van der Waals surface area contributed by atoms with E-state index < -0.39 is 6.10 Å². The summed E-state index contributed by atoms with van der Waals surface area (Å²) in [5.41, 5.74) is 4.40. The third-order valence-electron chi connectivity index (χ3n) is 3.47. The zero-order valence-electron chi connectivity index (χ0n) is 12.0. The summed E-state index contributed by atoms with van der Waals surface area (Å²) < 4.78 is 13.5. The molecule has 2 aromatic carbocycles. The second-order valence-corrected chi connectivity index (χ2v) is 6.11. The summed E-state index contributed by atoms with van der Waals surface area (Å²) in [5.74, 6) is 0.214. The Bertz CT molecular complexity index is 610. The van der Waals surface area contributed by atoms with Crippen LogP contribution in [0.5, 0.6) is 0 Å². The van der Waals surface area contributed by atoms with E-state index in [1.54, 1.807) is 18.2 Å². The molecule has 0 bridgehead atoms. The van der Waals surface area contributed by atoms with Gasteiger partial charge in [-0.15, -0.1) is 11.8 Å². The molecule has 0 aromatic heterocycles. The van der Waals surface area contributed by atoms with Crippen LogP contribution < -0.4 is 0 Å². The van der Waals surface area contributed by atoms with Gasteiger partial charge in [0.2, 0.25) is 0 Å². The van der Waals surface area contributed by atoms with E-state index in [1.807, 2.05) is 19.9 Å². The lowest BCUT2D eigenvalue weighted by Crippen LogP contribution is -2.04. The first kappa shape index (κ1) is 15.1. The van der Waals surface area contributed by atoms with Crippen LogP contribution in [0.15, 0.2) is 41.3 Å². The third-order valence-corrected chi connectivity index (χ3v) is 4.60. The van der Waals surface area contributed by atoms with Gasteiger partial charge >= 0.3 is 0 Å². The average Bonchev–Trinajstić information content (AvgIpc) is 2.41. The SMILES string of the molecule is Cc1cc(C)c(C(O)CSc2ccccc2F)cc1C. The minimum atomic E-state index is -0.584. The van der Waals surface area contributed by atoms with Crippen molar-refractivity contribution in [1.82, 2.24) is 0 Å². The normalized spacial score (nSPS) is 12.4. The number of thioether (sulfide) groups is 1. The number of aliphatic hydroxyl groups is 1. The van der Waals surface area contributed by atoms with Gasteiger partial charge in [0, 0.05) is 10.6 Å². The van der Waals surface area contributed by atoms with Gasteiger partial charge in [0.05, 0.1) is 6.10 Å². The molecular weight excluding hydrogens is 271 g/mol. The maximum Gasteiger partial charge on any atom is 0.136 e. The number of hydrogen-bond donors (Lipinski definition) is 1. The second kappa shape index (κ2) is 6.42. The molecule has 0 amide bonds. The minimum Gasteiger partial charge on any atom is -0.388 e. The van der Waals surface area contributed by atoms with E-state index in [2.05, 4.69) is 13.0 Å². The van der Waals surface area contributed by atoms with Crippen molar-refractivity contribution in [2.75, 3.05) is 5.75 Å². The second-order valence-electron chi connectivity index (χ2n) is 5.05. The molecule has 0 saturated carbocycles. The van der Waals surface area contributed by atoms with E-state index in [1.165, 1.54) is 29.0 Å². The van der Waals surface area contributed by atoms with Gasteiger partial charge in [0.1, 0.15) is 5.82 Å². The molecular formula is C17H19FOS. The Morgan fingerprint density at radius 3 is 2.40 bits per heavy atom. The number of halogens is 1. The summed E-state index contributed by atoms with van der Waals surface area (Å²) in [5, 5.41) is 10.3. The van der Waals surface area contributed by atoms with Crippen molar-refractivity contribution >= 4 is 11.8 Å². The predicted octanol–water partition coefficient (Wildman–Crippen LogP) is 4.58. The first-order chi connectivity index (χ1) is 9.49. The number of aliphatic hydroxyl groups excluding tert-OH is 1. The summed E-state index contributed by atoms with van der Waals surface area (Å²) in [6, 6.07) is 10.8. The molecule has 0 heterocycles. The van der Waals surface area contributed by atoms with Crippen LogP contribution in [0.25, 0.3) is 0 Å². The molecule has 1 N–H and O–H groups in total. The molecule has 0 aliphatic carbocycles. The van der Waals surface area contributed by atoms with Gasteiger partial charge < -0.3 is 5.11 Å². The lowest BCUT2D eigenvalue weighted by Gasteiger charge is -2.16. The van der Waals surface area contributed by atoms with Gasteiger partial charge in [-0.05, 0) is 55.2 Å². The van der Waals surface area contributed by atoms with Crippen molar-refractivity contribution in [3.8, 4) is 0 Å². The maximum absolute atomic E-state index is 13.5. The lowest BCUT2D eigenvalue weighted by molar-refractivity contribution is 0.203. The Labute approximate surface area is 123 Å². The Morgan fingerprint density at radius 2 is 1.70 bits per heavy atom. The minimum absolute atomic E-state index is 0.235. The van der Waals surface area contributed by atoms with Crippen LogP contribution in [0, 0.1) is 26.6 Å². The Balaban J connectivity index is 2.11. The quantitative estimate of drug-likeness (QED) is 0.832. The molecule has 0 aliphatic rings. The monoisotopic (exact) mass is 290 g/mol. The lowest BCUT2D eigenvalue weighted by atomic mass is 9.98. The highest BCUT2D eigenvalue weighted by molar-refractivity contribution is 7.99. The van der Waals surface area contributed by atoms with Gasteiger partial charge in [-0.25, -0.2) is 4.39 Å². The van der Waals surface area contributed by atoms with Crippen molar-refractivity contribution in [3.63, 3.8) is 0 Å². The molecule has 3 heteroatoms. The summed E-state index contributed by atoms with van der Waals surface area (Å²) >= 11 is 1.34. The fourth-order valence-electron chi connectivity index (χ4n) is 2.16. The number of hydrogen-bond acceptors (Lipinski definition) is 2. The molecule has 0 aliphatic heterocycles. The van der Waals surface area contributed by atoms with Crippen molar-refractivity contribution < 1.29 is 9.50 Å². The molecule has 1 nitrogen and oxygen atoms in total. The molecule has 1 atom stereocenters. The summed E-state index contributed by atoms with van der Waals surface area (Å²) in [7, 11) is 0. The Morgan fingerprint density at radius 1 is 1.05 bits per heavy atom. The largest absolute Gasteiger partial charge is 0.388 e. The molecule has 2 rings (SSSR count). The van der Waals surface area contributed by atoms with Crippen molar-refractivity contribution in [1.29, 1.82) is 0 Å². The topological polar surface area (TPSA) is 20.2 Å². The van der Waals surface area contributed by atoms with Gasteiger partial charge in [-0.2, -0.15) is 0 Å². The zero-order chi connectivity index (χ0) is 14.7. The fraction of sp³-hybridized carbons (Fsp3) is 0.294. The molecule has 0 fully saturated rings. The summed E-state index contributed by atoms with van der Waals surface area (Å²) in [6.07, 6.45) is -0.584. The van der Waals surface area contributed by atoms with Gasteiger partial charge in [-0.1, -0.05) is 24.3 Å². The smallest absolute Gasteiger partial charge is 0.136 e. The highest BCUT2D eigenvalue weighted by atomic mass is 32.2. The van der Waals surface area contributed by atoms with E-state index in [0.717, 1.165) is 11.1 Å². The van der Waals surface area contributed by atoms with E-state index >= 15 is 0 Å². The maximum atomic E-state index is 13.5. The molecule has 106 valence electrons. The molecule has 0 spiro atoms. The highest BCUT2D eigenvalue weighted by Crippen LogP contribution is 2.29. The van der Waals surface area contributed by atoms with Crippen molar-refractivity contribution in [2.45, 2.75) is 31.8 Å². The summed E-state index contributed by atoms with van der Waals surface area (Å²) in [4.78, 5) is 0.577. The first-order valence-corrected chi connectivity index (χ1v) is 7.60. The predicted molar refractivity (Wildman–Crippen MR) is 82.7 cm³/mol. The number of rotatable bonds is 4. The third kappa shape index (κ3) is 3.41. The Kier molecular flexibility index (Phi) is 4.84. The van der Waals surface area contributed by atoms with Crippen LogP contribution in [0.2, 0.25) is 0 Å².